The number of unbranched alkanes of at least 4 members (excludes halogenated alkanes) is 18. The van der Waals surface area contributed by atoms with Crippen molar-refractivity contribution in [2.24, 2.45) is 0 Å². The largest absolute Gasteiger partial charge is 1.00 e. The zero-order valence-electron chi connectivity index (χ0n) is 25.6. The summed E-state index contributed by atoms with van der Waals surface area (Å²) < 4.78 is 36.0. The maximum Gasteiger partial charge on any atom is 1.00 e. The molecule has 0 fully saturated rings. The molecule has 0 radical (unpaired) electrons. The minimum absolute atomic E-state index is 0. The van der Waals surface area contributed by atoms with Gasteiger partial charge in [-0.2, -0.15) is 0 Å². The summed E-state index contributed by atoms with van der Waals surface area (Å²) in [6, 6.07) is 9.43. The number of fused-ring (bicyclic) bond motifs is 1. The van der Waals surface area contributed by atoms with Crippen LogP contribution in [0.25, 0.3) is 10.8 Å². The summed E-state index contributed by atoms with van der Waals surface area (Å²) >= 11 is 0. The molecule has 0 aliphatic carbocycles. The minimum Gasteiger partial charge on any atom is -0.744 e. The smallest absolute Gasteiger partial charge is 0.744 e. The van der Waals surface area contributed by atoms with Crippen molar-refractivity contribution in [3.05, 3.63) is 41.5 Å². The van der Waals surface area contributed by atoms with E-state index in [1.165, 1.54) is 133 Å². The van der Waals surface area contributed by atoms with Crippen LogP contribution in [0, 0.1) is 0 Å². The van der Waals surface area contributed by atoms with Crippen LogP contribution in [0.3, 0.4) is 0 Å². The van der Waals surface area contributed by atoms with Crippen LogP contribution in [0.4, 0.5) is 0 Å². The van der Waals surface area contributed by atoms with E-state index in [0.717, 1.165) is 31.1 Å². The van der Waals surface area contributed by atoms with Gasteiger partial charge in [-0.25, -0.2) is 8.42 Å². The molecular weight excluding hydrogens is 511 g/mol. The first-order valence-corrected chi connectivity index (χ1v) is 17.4. The summed E-state index contributed by atoms with van der Waals surface area (Å²) in [4.78, 5) is -0.0655. The van der Waals surface area contributed by atoms with E-state index < -0.39 is 10.1 Å². The van der Waals surface area contributed by atoms with Gasteiger partial charge in [0.1, 0.15) is 10.1 Å². The Hall–Kier alpha value is -0.390. The summed E-state index contributed by atoms with van der Waals surface area (Å²) in [5.41, 5.74) is 2.38. The molecule has 0 atom stereocenters. The summed E-state index contributed by atoms with van der Waals surface area (Å²) in [5, 5.41) is 1.55. The van der Waals surface area contributed by atoms with Crippen molar-refractivity contribution in [2.45, 2.75) is 160 Å². The average molecular weight is 567 g/mol. The van der Waals surface area contributed by atoms with E-state index in [4.69, 9.17) is 0 Å². The van der Waals surface area contributed by atoms with Crippen molar-refractivity contribution in [3.8, 4) is 0 Å². The molecule has 0 spiro atoms. The molecule has 2 rings (SSSR count). The number of aryl methyl sites for hydroxylation is 2. The fourth-order valence-electron chi connectivity index (χ4n) is 5.69. The van der Waals surface area contributed by atoms with E-state index >= 15 is 0 Å². The van der Waals surface area contributed by atoms with Crippen LogP contribution < -0.4 is 29.6 Å². The monoisotopic (exact) mass is 566 g/mol. The van der Waals surface area contributed by atoms with Crippen molar-refractivity contribution in [3.63, 3.8) is 0 Å². The van der Waals surface area contributed by atoms with E-state index in [1.54, 1.807) is 6.07 Å². The molecule has 39 heavy (non-hydrogen) atoms. The second-order valence-corrected chi connectivity index (χ2v) is 12.8. The zero-order chi connectivity index (χ0) is 27.5. The Morgan fingerprint density at radius 2 is 1.00 bits per heavy atom. The van der Waals surface area contributed by atoms with Gasteiger partial charge in [0, 0.05) is 0 Å². The molecule has 3 nitrogen and oxygen atoms in total. The molecule has 0 saturated heterocycles. The van der Waals surface area contributed by atoms with Crippen LogP contribution in [-0.2, 0) is 23.0 Å². The van der Waals surface area contributed by atoms with Crippen LogP contribution in [0.1, 0.15) is 153 Å². The van der Waals surface area contributed by atoms with Gasteiger partial charge >= 0.3 is 29.6 Å². The molecule has 0 unspecified atom stereocenters. The number of hydrogen-bond acceptors (Lipinski definition) is 3. The number of hydrogen-bond donors (Lipinski definition) is 0. The zero-order valence-corrected chi connectivity index (χ0v) is 28.4. The molecule has 0 saturated carbocycles. The van der Waals surface area contributed by atoms with E-state index in [1.807, 2.05) is 12.1 Å². The molecule has 0 bridgehead atoms. The average Bonchev–Trinajstić information content (AvgIpc) is 2.89. The van der Waals surface area contributed by atoms with E-state index in [-0.39, 0.29) is 34.5 Å². The molecule has 2 aromatic carbocycles. The molecule has 0 amide bonds. The summed E-state index contributed by atoms with van der Waals surface area (Å²) in [5.74, 6) is 0. The van der Waals surface area contributed by atoms with Crippen LogP contribution in [-0.4, -0.2) is 13.0 Å². The molecular formula is C34H55NaO3S. The molecule has 0 N–H and O–H groups in total. The Labute approximate surface area is 263 Å². The Morgan fingerprint density at radius 3 is 1.46 bits per heavy atom. The van der Waals surface area contributed by atoms with Crippen molar-refractivity contribution < 1.29 is 42.5 Å². The Kier molecular flexibility index (Phi) is 20.9. The first-order chi connectivity index (χ1) is 18.5. The predicted molar refractivity (Wildman–Crippen MR) is 163 cm³/mol. The fourth-order valence-corrected chi connectivity index (χ4v) is 6.37. The fraction of sp³-hybridized carbons (Fsp3) is 0.706. The van der Waals surface area contributed by atoms with E-state index in [0.29, 0.717) is 5.39 Å². The van der Waals surface area contributed by atoms with Crippen molar-refractivity contribution >= 4 is 20.9 Å². The molecule has 0 aromatic heterocycles. The normalized spacial score (nSPS) is 11.7. The molecule has 0 aliphatic heterocycles. The molecule has 0 heterocycles. The Balaban J connectivity index is 0.00000760. The Morgan fingerprint density at radius 1 is 0.564 bits per heavy atom. The first-order valence-electron chi connectivity index (χ1n) is 16.0. The summed E-state index contributed by atoms with van der Waals surface area (Å²) in [6.45, 7) is 4.52. The van der Waals surface area contributed by atoms with Crippen molar-refractivity contribution in [2.75, 3.05) is 0 Å². The van der Waals surface area contributed by atoms with Gasteiger partial charge in [-0.05, 0) is 59.7 Å². The third kappa shape index (κ3) is 15.4. The first kappa shape index (κ1) is 36.6. The van der Waals surface area contributed by atoms with Gasteiger partial charge in [0.25, 0.3) is 0 Å². The van der Waals surface area contributed by atoms with Gasteiger partial charge < -0.3 is 4.55 Å². The van der Waals surface area contributed by atoms with Crippen LogP contribution in [0.2, 0.25) is 0 Å². The predicted octanol–water partition coefficient (Wildman–Crippen LogP) is 7.67. The number of rotatable bonds is 23. The van der Waals surface area contributed by atoms with Crippen LogP contribution in [0.15, 0.2) is 35.2 Å². The molecule has 216 valence electrons. The van der Waals surface area contributed by atoms with Gasteiger partial charge in [-0.3, -0.25) is 0 Å². The summed E-state index contributed by atoms with van der Waals surface area (Å²) in [7, 11) is -4.50. The Bertz CT molecular complexity index is 1000. The number of benzene rings is 2. The van der Waals surface area contributed by atoms with Crippen LogP contribution >= 0.6 is 0 Å². The van der Waals surface area contributed by atoms with Crippen molar-refractivity contribution in [1.82, 2.24) is 0 Å². The summed E-state index contributed by atoms with van der Waals surface area (Å²) in [6.07, 6.45) is 27.9. The van der Waals surface area contributed by atoms with Gasteiger partial charge in [0.2, 0.25) is 0 Å². The van der Waals surface area contributed by atoms with Gasteiger partial charge in [0.15, 0.2) is 0 Å². The second-order valence-electron chi connectivity index (χ2n) is 11.4. The van der Waals surface area contributed by atoms with Gasteiger partial charge in [-0.15, -0.1) is 0 Å². The molecule has 5 heteroatoms. The SMILES string of the molecule is CCCCCCCCCCCCc1cc(CCCCCCCCCCCC)c2cccc(S(=O)(=O)[O-])c2c1.[Na+]. The molecule has 2 aromatic rings. The van der Waals surface area contributed by atoms with Gasteiger partial charge in [-0.1, -0.05) is 148 Å². The van der Waals surface area contributed by atoms with Crippen LogP contribution in [0.5, 0.6) is 0 Å². The van der Waals surface area contributed by atoms with Crippen molar-refractivity contribution in [1.29, 1.82) is 0 Å². The maximum atomic E-state index is 12.0. The third-order valence-electron chi connectivity index (χ3n) is 7.99. The quantitative estimate of drug-likeness (QED) is 0.0788. The maximum absolute atomic E-state index is 12.0. The van der Waals surface area contributed by atoms with Gasteiger partial charge in [0.05, 0.1) is 4.90 Å². The molecule has 0 aliphatic rings. The standard InChI is InChI=1S/C34H56O3S.Na/c1-3-5-7-9-11-13-15-17-19-21-24-30-28-31(25-22-20-18-16-14-12-10-8-6-4-2)32-26-23-27-34(33(32)29-30)38(35,36)37;/h23,26-29H,3-22,24-25H2,1-2H3,(H,35,36,37);/q;+1/p-1. The van der Waals surface area contributed by atoms with E-state index in [9.17, 15) is 13.0 Å². The topological polar surface area (TPSA) is 57.2 Å². The third-order valence-corrected chi connectivity index (χ3v) is 8.88. The minimum atomic E-state index is -4.50. The van der Waals surface area contributed by atoms with E-state index in [2.05, 4.69) is 19.9 Å². The second kappa shape index (κ2) is 22.2.